The quantitative estimate of drug-likeness (QED) is 0.179. The van der Waals surface area contributed by atoms with Gasteiger partial charge in [0.15, 0.2) is 23.3 Å². The third-order valence-corrected chi connectivity index (χ3v) is 6.68. The summed E-state index contributed by atoms with van der Waals surface area (Å²) in [5.74, 6) is -3.49. The van der Waals surface area contributed by atoms with E-state index in [1.165, 1.54) is 24.3 Å². The van der Waals surface area contributed by atoms with Crippen LogP contribution in [0.4, 0.5) is 17.6 Å². The van der Waals surface area contributed by atoms with Crippen molar-refractivity contribution in [1.29, 1.82) is 0 Å². The Labute approximate surface area is 218 Å². The van der Waals surface area contributed by atoms with Gasteiger partial charge < -0.3 is 14.6 Å². The number of aliphatic hydroxyl groups excluding tert-OH is 1. The van der Waals surface area contributed by atoms with E-state index in [1.54, 1.807) is 48.5 Å². The molecule has 1 saturated heterocycles. The predicted octanol–water partition coefficient (Wildman–Crippen LogP) is 8.06. The second kappa shape index (κ2) is 11.0. The monoisotopic (exact) mass is 522 g/mol. The van der Waals surface area contributed by atoms with Gasteiger partial charge in [0, 0.05) is 22.3 Å². The number of ether oxygens (including phenoxy) is 2. The summed E-state index contributed by atoms with van der Waals surface area (Å²) in [5.41, 5.74) is 2.13. The summed E-state index contributed by atoms with van der Waals surface area (Å²) in [7, 11) is 0. The van der Waals surface area contributed by atoms with Crippen LogP contribution in [0.25, 0.3) is 22.3 Å². The van der Waals surface area contributed by atoms with Crippen molar-refractivity contribution in [3.05, 3.63) is 113 Å². The van der Waals surface area contributed by atoms with Gasteiger partial charge in [-0.25, -0.2) is 17.6 Å². The Balaban J connectivity index is 1.29. The van der Waals surface area contributed by atoms with Gasteiger partial charge >= 0.3 is 0 Å². The van der Waals surface area contributed by atoms with E-state index in [2.05, 4.69) is 0 Å². The minimum absolute atomic E-state index is 0.0626. The summed E-state index contributed by atoms with van der Waals surface area (Å²) in [4.78, 5) is 0. The smallest absolute Gasteiger partial charge is 0.167 e. The summed E-state index contributed by atoms with van der Waals surface area (Å²) in [6, 6.07) is 19.0. The molecule has 1 N–H and O–H groups in total. The highest BCUT2D eigenvalue weighted by molar-refractivity contribution is 5.72. The average Bonchev–Trinajstić information content (AvgIpc) is 3.77. The molecule has 196 valence electrons. The van der Waals surface area contributed by atoms with Crippen LogP contribution in [0.1, 0.15) is 48.7 Å². The Morgan fingerprint density at radius 3 is 1.92 bits per heavy atom. The fourth-order valence-corrected chi connectivity index (χ4v) is 4.40. The van der Waals surface area contributed by atoms with Gasteiger partial charge in [-0.05, 0) is 35.2 Å². The number of hydrogen-bond acceptors (Lipinski definition) is 3. The molecule has 2 atom stereocenters. The fraction of sp³-hybridized carbons (Fsp3) is 0.226. The number of rotatable bonds is 9. The molecular formula is C31H26F4O3. The predicted molar refractivity (Wildman–Crippen MR) is 136 cm³/mol. The van der Waals surface area contributed by atoms with E-state index in [1.807, 2.05) is 6.92 Å². The number of aliphatic hydroxyl groups is 1. The minimum Gasteiger partial charge on any atom is -0.489 e. The molecular weight excluding hydrogens is 496 g/mol. The second-order valence-corrected chi connectivity index (χ2v) is 9.29. The van der Waals surface area contributed by atoms with Gasteiger partial charge in [-0.3, -0.25) is 0 Å². The van der Waals surface area contributed by atoms with E-state index in [0.717, 1.165) is 12.0 Å². The van der Waals surface area contributed by atoms with Gasteiger partial charge in [-0.2, -0.15) is 0 Å². The second-order valence-electron chi connectivity index (χ2n) is 9.29. The van der Waals surface area contributed by atoms with Crippen molar-refractivity contribution in [3.63, 3.8) is 0 Å². The fourth-order valence-electron chi connectivity index (χ4n) is 4.40. The molecule has 1 fully saturated rings. The molecule has 3 nitrogen and oxygen atoms in total. The summed E-state index contributed by atoms with van der Waals surface area (Å²) in [6.45, 7) is 2.16. The molecule has 1 aliphatic heterocycles. The first kappa shape index (κ1) is 25.9. The van der Waals surface area contributed by atoms with E-state index in [4.69, 9.17) is 9.47 Å². The molecule has 0 amide bonds. The molecule has 38 heavy (non-hydrogen) atoms. The Hall–Kier alpha value is -3.68. The largest absolute Gasteiger partial charge is 0.489 e. The molecule has 2 unspecified atom stereocenters. The summed E-state index contributed by atoms with van der Waals surface area (Å²) >= 11 is 0. The molecule has 0 saturated carbocycles. The molecule has 0 bridgehead atoms. The van der Waals surface area contributed by atoms with Crippen LogP contribution in [0.3, 0.4) is 0 Å². The number of hydrogen-bond donors (Lipinski definition) is 1. The zero-order chi connectivity index (χ0) is 26.8. The molecule has 0 aliphatic carbocycles. The third-order valence-electron chi connectivity index (χ3n) is 6.68. The zero-order valence-electron chi connectivity index (χ0n) is 20.7. The highest BCUT2D eigenvalue weighted by atomic mass is 19.2. The van der Waals surface area contributed by atoms with Gasteiger partial charge in [-0.15, -0.1) is 0 Å². The average molecular weight is 523 g/mol. The highest BCUT2D eigenvalue weighted by Crippen LogP contribution is 2.35. The van der Waals surface area contributed by atoms with Crippen molar-refractivity contribution in [2.24, 2.45) is 0 Å². The van der Waals surface area contributed by atoms with Gasteiger partial charge in [0.05, 0.1) is 12.7 Å². The van der Waals surface area contributed by atoms with E-state index < -0.39 is 35.5 Å². The maximum absolute atomic E-state index is 15.1. The van der Waals surface area contributed by atoms with Gasteiger partial charge in [0.2, 0.25) is 0 Å². The first-order chi connectivity index (χ1) is 18.4. The standard InChI is InChI=1S/C31H26F4O3/c1-2-3-26(36)20-6-4-18(5-7-20)23-14-15-24(30(34)29(23)33)19-8-11-22(12-9-19)37-16-21-10-13-25(27-17-38-27)31(35)28(21)32/h4-15,26-27,36H,2-3,16-17H2,1H3. The normalized spacial score (nSPS) is 15.4. The van der Waals surface area contributed by atoms with Crippen molar-refractivity contribution in [3.8, 4) is 28.0 Å². The first-order valence-corrected chi connectivity index (χ1v) is 12.4. The molecule has 7 heteroatoms. The lowest BCUT2D eigenvalue weighted by Crippen LogP contribution is -2.03. The SMILES string of the molecule is CCCC(O)c1ccc(-c2ccc(-c3ccc(OCc4ccc(C5CO5)c(F)c4F)cc3)c(F)c2F)cc1. The first-order valence-electron chi connectivity index (χ1n) is 12.4. The lowest BCUT2D eigenvalue weighted by Gasteiger charge is -2.13. The molecule has 1 heterocycles. The van der Waals surface area contributed by atoms with Crippen LogP contribution < -0.4 is 4.74 Å². The minimum atomic E-state index is -0.983. The Morgan fingerprint density at radius 2 is 1.37 bits per heavy atom. The van der Waals surface area contributed by atoms with E-state index in [9.17, 15) is 13.9 Å². The summed E-state index contributed by atoms with van der Waals surface area (Å²) in [5, 5.41) is 10.1. The maximum Gasteiger partial charge on any atom is 0.167 e. The lowest BCUT2D eigenvalue weighted by atomic mass is 9.97. The topological polar surface area (TPSA) is 42.0 Å². The van der Waals surface area contributed by atoms with Crippen LogP contribution in [-0.4, -0.2) is 11.7 Å². The summed E-state index contributed by atoms with van der Waals surface area (Å²) in [6.07, 6.45) is 0.476. The van der Waals surface area contributed by atoms with E-state index in [-0.39, 0.29) is 28.9 Å². The molecule has 4 aromatic rings. The third kappa shape index (κ3) is 5.30. The molecule has 0 aromatic heterocycles. The maximum atomic E-state index is 15.1. The van der Waals surface area contributed by atoms with Crippen molar-refractivity contribution >= 4 is 0 Å². The van der Waals surface area contributed by atoms with Crippen LogP contribution in [0, 0.1) is 23.3 Å². The number of benzene rings is 4. The van der Waals surface area contributed by atoms with Crippen LogP contribution in [-0.2, 0) is 11.3 Å². The molecule has 4 aromatic carbocycles. The lowest BCUT2D eigenvalue weighted by molar-refractivity contribution is 0.166. The Morgan fingerprint density at radius 1 is 0.789 bits per heavy atom. The van der Waals surface area contributed by atoms with E-state index in [0.29, 0.717) is 29.9 Å². The van der Waals surface area contributed by atoms with Crippen LogP contribution in [0.2, 0.25) is 0 Å². The van der Waals surface area contributed by atoms with Crippen molar-refractivity contribution < 1.29 is 32.1 Å². The highest BCUT2D eigenvalue weighted by Gasteiger charge is 2.30. The van der Waals surface area contributed by atoms with Gasteiger partial charge in [0.25, 0.3) is 0 Å². The Bertz CT molecular complexity index is 1430. The molecule has 0 radical (unpaired) electrons. The molecule has 1 aliphatic rings. The summed E-state index contributed by atoms with van der Waals surface area (Å²) < 4.78 is 69.3. The van der Waals surface area contributed by atoms with Crippen LogP contribution >= 0.6 is 0 Å². The zero-order valence-corrected chi connectivity index (χ0v) is 20.7. The number of epoxide rings is 1. The van der Waals surface area contributed by atoms with Crippen LogP contribution in [0.5, 0.6) is 5.75 Å². The Kier molecular flexibility index (Phi) is 7.49. The van der Waals surface area contributed by atoms with Gasteiger partial charge in [0.1, 0.15) is 18.5 Å². The molecule has 0 spiro atoms. The van der Waals surface area contributed by atoms with Gasteiger partial charge in [-0.1, -0.05) is 74.0 Å². The van der Waals surface area contributed by atoms with Crippen molar-refractivity contribution in [2.45, 2.75) is 38.6 Å². The van der Waals surface area contributed by atoms with Crippen molar-refractivity contribution in [2.75, 3.05) is 6.61 Å². The van der Waals surface area contributed by atoms with Crippen molar-refractivity contribution in [1.82, 2.24) is 0 Å². The van der Waals surface area contributed by atoms with E-state index >= 15 is 8.78 Å². The number of halogens is 4. The van der Waals surface area contributed by atoms with Crippen LogP contribution in [0.15, 0.2) is 72.8 Å². The molecule has 5 rings (SSSR count).